The van der Waals surface area contributed by atoms with Gasteiger partial charge in [-0.05, 0) is 159 Å². The Morgan fingerprint density at radius 3 is 1.62 bits per heavy atom. The maximum absolute atomic E-state index is 2.79. The number of hydrogen-bond acceptors (Lipinski definition) is 1. The molecule has 0 unspecified atom stereocenters. The van der Waals surface area contributed by atoms with Crippen LogP contribution in [-0.4, -0.2) is 11.4 Å². The predicted octanol–water partition coefficient (Wildman–Crippen LogP) is 16.8. The van der Waals surface area contributed by atoms with Gasteiger partial charge in [-0.3, -0.25) is 0 Å². The largest absolute Gasteiger partial charge is 0.376 e. The van der Waals surface area contributed by atoms with E-state index in [2.05, 4.69) is 247 Å². The minimum Gasteiger partial charge on any atom is -0.376 e. The second-order valence-electron chi connectivity index (χ2n) is 27.0. The molecule has 0 saturated carbocycles. The number of hydrogen-bond donors (Lipinski definition) is 0. The Kier molecular flexibility index (Phi) is 8.29. The Bertz CT molecular complexity index is 3940. The maximum Gasteiger partial charge on any atom is 0.333 e. The lowest BCUT2D eigenvalue weighted by molar-refractivity contribution is 0.589. The van der Waals surface area contributed by atoms with Crippen LogP contribution in [0.4, 0.5) is 11.4 Å². The van der Waals surface area contributed by atoms with Crippen molar-refractivity contribution in [1.29, 1.82) is 0 Å². The summed E-state index contributed by atoms with van der Waals surface area (Å²) < 4.78 is 2.74. The van der Waals surface area contributed by atoms with E-state index in [1.54, 1.807) is 0 Å². The lowest BCUT2D eigenvalue weighted by atomic mass is 9.43. The number of fused-ring (bicyclic) bond motifs is 19. The first-order valence-corrected chi connectivity index (χ1v) is 26.7. The van der Waals surface area contributed by atoms with E-state index in [1.165, 1.54) is 144 Å². The van der Waals surface area contributed by atoms with E-state index in [1.807, 2.05) is 0 Å². The molecule has 8 aromatic carbocycles. The first-order valence-electron chi connectivity index (χ1n) is 26.7. The van der Waals surface area contributed by atoms with Crippen LogP contribution in [0.1, 0.15) is 154 Å². The van der Waals surface area contributed by atoms with Crippen LogP contribution in [0.3, 0.4) is 0 Å². The fourth-order valence-electron chi connectivity index (χ4n) is 14.6. The molecule has 3 aliphatic carbocycles. The van der Waals surface area contributed by atoms with Gasteiger partial charge in [0.15, 0.2) is 0 Å². The topological polar surface area (TPSA) is 8.17 Å². The Morgan fingerprint density at radius 2 is 0.958 bits per heavy atom. The highest BCUT2D eigenvalue weighted by molar-refractivity contribution is 6.94. The molecule has 0 spiro atoms. The lowest BCUT2D eigenvalue weighted by Gasteiger charge is -2.44. The molecule has 0 atom stereocenters. The number of nitrogens with zero attached hydrogens (tertiary/aromatic N) is 2. The fraction of sp³-hybridized carbons (Fsp3) is 0.304. The van der Waals surface area contributed by atoms with Crippen molar-refractivity contribution in [3.8, 4) is 50.2 Å². The van der Waals surface area contributed by atoms with Crippen LogP contribution < -0.4 is 15.7 Å². The highest BCUT2D eigenvalue weighted by atomic mass is 15.1. The average molecular weight is 935 g/mol. The molecule has 0 N–H and O–H groups in total. The van der Waals surface area contributed by atoms with Gasteiger partial charge >= 0.3 is 6.85 Å². The monoisotopic (exact) mass is 935 g/mol. The van der Waals surface area contributed by atoms with E-state index in [0.717, 1.165) is 0 Å². The van der Waals surface area contributed by atoms with Gasteiger partial charge in [0, 0.05) is 49.6 Å². The normalized spacial score (nSPS) is 16.8. The summed E-state index contributed by atoms with van der Waals surface area (Å²) in [5.41, 5.74) is 32.3. The molecule has 72 heavy (non-hydrogen) atoms. The Morgan fingerprint density at radius 1 is 0.417 bits per heavy atom. The average Bonchev–Trinajstić information content (AvgIpc) is 3.95. The van der Waals surface area contributed by atoms with E-state index in [4.69, 9.17) is 0 Å². The van der Waals surface area contributed by atoms with Crippen LogP contribution in [0, 0.1) is 0 Å². The van der Waals surface area contributed by atoms with Crippen molar-refractivity contribution in [2.45, 2.75) is 136 Å². The number of aromatic nitrogens is 1. The molecule has 0 bridgehead atoms. The molecule has 0 amide bonds. The number of rotatable bonds is 1. The molecular weight excluding hydrogens is 868 g/mol. The summed E-state index contributed by atoms with van der Waals surface area (Å²) in [5.74, 6) is 0. The van der Waals surface area contributed by atoms with E-state index >= 15 is 0 Å². The molecule has 0 fully saturated rings. The van der Waals surface area contributed by atoms with Gasteiger partial charge < -0.3 is 9.38 Å². The van der Waals surface area contributed by atoms with Crippen molar-refractivity contribution in [1.82, 2.24) is 4.57 Å². The van der Waals surface area contributed by atoms with Crippen LogP contribution in [0.5, 0.6) is 0 Å². The molecule has 3 heterocycles. The summed E-state index contributed by atoms with van der Waals surface area (Å²) in [7, 11) is 0. The molecule has 3 heteroatoms. The molecule has 2 aliphatic heterocycles. The molecule has 0 radical (unpaired) electrons. The van der Waals surface area contributed by atoms with Crippen molar-refractivity contribution in [3.05, 3.63) is 184 Å². The van der Waals surface area contributed by atoms with E-state index in [-0.39, 0.29) is 39.3 Å². The SMILES string of the molecule is CC(C)(C)c1ccc(N2B3c4cc5c(cc4-n4c6ccc(C(C)(C)C)cc6c6c7c(c(c3c64)-c3cc4c(cc32)-c2cc(C(C)(C)C)ccc2C4(C)C)-c2ccccc2C7(C)C)C(C)(C)c2ccccc2-5)cc1. The van der Waals surface area contributed by atoms with Crippen LogP contribution in [0.2, 0.25) is 0 Å². The van der Waals surface area contributed by atoms with Crippen molar-refractivity contribution in [2.24, 2.45) is 0 Å². The van der Waals surface area contributed by atoms with Crippen LogP contribution >= 0.6 is 0 Å². The molecule has 356 valence electrons. The first kappa shape index (κ1) is 44.2. The van der Waals surface area contributed by atoms with E-state index < -0.39 is 0 Å². The van der Waals surface area contributed by atoms with E-state index in [9.17, 15) is 0 Å². The highest BCUT2D eigenvalue weighted by Crippen LogP contribution is 2.62. The Hall–Kier alpha value is -6.58. The zero-order valence-corrected chi connectivity index (χ0v) is 45.2. The minimum atomic E-state index is -0.259. The van der Waals surface area contributed by atoms with Crippen LogP contribution in [0.25, 0.3) is 72.0 Å². The molecule has 9 aromatic rings. The van der Waals surface area contributed by atoms with Gasteiger partial charge in [-0.1, -0.05) is 195 Å². The smallest absolute Gasteiger partial charge is 0.333 e. The van der Waals surface area contributed by atoms with Gasteiger partial charge in [0.05, 0.1) is 11.0 Å². The van der Waals surface area contributed by atoms with Crippen molar-refractivity contribution < 1.29 is 0 Å². The van der Waals surface area contributed by atoms with Gasteiger partial charge in [-0.2, -0.15) is 0 Å². The highest BCUT2D eigenvalue weighted by Gasteiger charge is 2.52. The van der Waals surface area contributed by atoms with Gasteiger partial charge in [0.2, 0.25) is 0 Å². The molecule has 1 aromatic heterocycles. The Labute approximate surface area is 428 Å². The van der Waals surface area contributed by atoms with Gasteiger partial charge in [0.25, 0.3) is 0 Å². The number of benzene rings is 8. The minimum absolute atomic E-state index is 0.0176. The second-order valence-corrected chi connectivity index (χ2v) is 27.0. The molecule has 5 aliphatic rings. The summed E-state index contributed by atoms with van der Waals surface area (Å²) >= 11 is 0. The zero-order chi connectivity index (χ0) is 50.3. The molecular formula is C69H67BN2. The fourth-order valence-corrected chi connectivity index (χ4v) is 14.6. The standard InChI is InChI=1S/C69H67BN2/c1-64(2,3)38-24-28-41(29-25-38)72-56-36-46-44-32-39(65(4,5)6)26-30-51(44)68(12,13)52(46)34-48(56)59-58-43-21-17-19-23-50(43)69(14,15)61(58)60-47-33-40(66(7,8)9)27-31-55(47)71-57-37-53-45(35-54(57)70(72)62(59)63(60)71)42-20-16-18-22-49(42)67(53,10)11/h16-37H,1-15H3. The van der Waals surface area contributed by atoms with Gasteiger partial charge in [-0.25, -0.2) is 0 Å². The summed E-state index contributed by atoms with van der Waals surface area (Å²) in [5, 5.41) is 2.78. The second kappa shape index (κ2) is 13.5. The molecule has 14 rings (SSSR count). The van der Waals surface area contributed by atoms with Crippen molar-refractivity contribution in [3.63, 3.8) is 0 Å². The molecule has 2 nitrogen and oxygen atoms in total. The maximum atomic E-state index is 2.79. The Balaban J connectivity index is 1.22. The summed E-state index contributed by atoms with van der Waals surface area (Å²) in [6.07, 6.45) is 0. The summed E-state index contributed by atoms with van der Waals surface area (Å²) in [6.45, 7) is 35.9. The molecule has 0 saturated heterocycles. The van der Waals surface area contributed by atoms with Crippen LogP contribution in [-0.2, 0) is 32.5 Å². The summed E-state index contributed by atoms with van der Waals surface area (Å²) in [4.78, 5) is 2.79. The quantitative estimate of drug-likeness (QED) is 0.149. The third-order valence-corrected chi connectivity index (χ3v) is 18.6. The zero-order valence-electron chi connectivity index (χ0n) is 45.2. The van der Waals surface area contributed by atoms with Gasteiger partial charge in [-0.15, -0.1) is 0 Å². The first-order chi connectivity index (χ1) is 33.9. The van der Waals surface area contributed by atoms with Crippen molar-refractivity contribution >= 4 is 51.0 Å². The van der Waals surface area contributed by atoms with Gasteiger partial charge in [0.1, 0.15) is 0 Å². The lowest BCUT2D eigenvalue weighted by Crippen LogP contribution is -2.61. The third kappa shape index (κ3) is 5.43. The van der Waals surface area contributed by atoms with Crippen molar-refractivity contribution in [2.75, 3.05) is 4.81 Å². The summed E-state index contributed by atoms with van der Waals surface area (Å²) in [6, 6.07) is 53.7. The third-order valence-electron chi connectivity index (χ3n) is 18.6. The van der Waals surface area contributed by atoms with E-state index in [0.29, 0.717) is 0 Å². The van der Waals surface area contributed by atoms with Crippen LogP contribution in [0.15, 0.2) is 133 Å². The number of anilines is 2. The predicted molar refractivity (Wildman–Crippen MR) is 309 cm³/mol.